The highest BCUT2D eigenvalue weighted by Crippen LogP contribution is 2.31. The molecule has 0 aromatic carbocycles. The molecule has 5 nitrogen and oxygen atoms in total. The molecular weight excluding hydrogens is 350 g/mol. The van der Waals surface area contributed by atoms with Crippen LogP contribution in [0, 0.1) is 5.92 Å². The fourth-order valence-corrected chi connectivity index (χ4v) is 4.61. The summed E-state index contributed by atoms with van der Waals surface area (Å²) < 4.78 is 6.69. The molecule has 4 atom stereocenters. The molecule has 0 aromatic heterocycles. The predicted molar refractivity (Wildman–Crippen MR) is 118 cm³/mol. The van der Waals surface area contributed by atoms with Crippen LogP contribution < -0.4 is 0 Å². The Kier molecular flexibility index (Phi) is 7.99. The number of hydrogen-bond acceptors (Lipinski definition) is 5. The first kappa shape index (κ1) is 24.1. The first-order chi connectivity index (χ1) is 12.8. The maximum atomic E-state index is 10.5. The molecule has 2 aliphatic rings. The van der Waals surface area contributed by atoms with E-state index in [4.69, 9.17) is 4.74 Å². The Bertz CT molecular complexity index is 487. The number of likely N-dealkylation sites (tertiary alicyclic amines) is 1. The number of nitrogens with zero attached hydrogens (tertiary/aromatic N) is 3. The van der Waals surface area contributed by atoms with Crippen LogP contribution in [0.4, 0.5) is 0 Å². The van der Waals surface area contributed by atoms with E-state index in [2.05, 4.69) is 63.4 Å². The lowest BCUT2D eigenvalue weighted by Gasteiger charge is -2.49. The third-order valence-corrected chi connectivity index (χ3v) is 7.55. The largest absolute Gasteiger partial charge is 0.390 e. The zero-order chi connectivity index (χ0) is 21.3. The molecule has 2 heterocycles. The van der Waals surface area contributed by atoms with Gasteiger partial charge in [0.1, 0.15) is 0 Å². The minimum absolute atomic E-state index is 0.00613. The molecule has 0 bridgehead atoms. The van der Waals surface area contributed by atoms with Gasteiger partial charge in [-0.1, -0.05) is 0 Å². The van der Waals surface area contributed by atoms with Gasteiger partial charge in [0.2, 0.25) is 0 Å². The first-order valence-corrected chi connectivity index (χ1v) is 11.4. The molecule has 0 radical (unpaired) electrons. The van der Waals surface area contributed by atoms with Crippen molar-refractivity contribution in [2.45, 2.75) is 103 Å². The Morgan fingerprint density at radius 3 is 2.21 bits per heavy atom. The van der Waals surface area contributed by atoms with E-state index in [-0.39, 0.29) is 17.7 Å². The summed E-state index contributed by atoms with van der Waals surface area (Å²) in [6.45, 7) is 19.6. The lowest BCUT2D eigenvalue weighted by Crippen LogP contribution is -2.61. The summed E-state index contributed by atoms with van der Waals surface area (Å²) in [5, 5.41) is 10.5. The molecule has 2 aliphatic heterocycles. The molecule has 0 saturated carbocycles. The second kappa shape index (κ2) is 9.30. The Morgan fingerprint density at radius 2 is 1.68 bits per heavy atom. The van der Waals surface area contributed by atoms with Crippen molar-refractivity contribution in [3.05, 3.63) is 0 Å². The molecule has 0 aromatic rings. The fourth-order valence-electron chi connectivity index (χ4n) is 4.61. The van der Waals surface area contributed by atoms with E-state index < -0.39 is 5.60 Å². The number of piperidine rings is 1. The van der Waals surface area contributed by atoms with Gasteiger partial charge in [-0.05, 0) is 94.3 Å². The van der Waals surface area contributed by atoms with Crippen molar-refractivity contribution in [1.29, 1.82) is 0 Å². The second-order valence-corrected chi connectivity index (χ2v) is 10.9. The lowest BCUT2D eigenvalue weighted by atomic mass is 9.83. The van der Waals surface area contributed by atoms with Crippen LogP contribution >= 0.6 is 0 Å². The Morgan fingerprint density at radius 1 is 1.04 bits per heavy atom. The molecule has 2 saturated heterocycles. The van der Waals surface area contributed by atoms with Crippen molar-refractivity contribution < 1.29 is 9.84 Å². The number of aliphatic hydroxyl groups is 1. The van der Waals surface area contributed by atoms with Crippen molar-refractivity contribution in [2.24, 2.45) is 5.92 Å². The highest BCUT2D eigenvalue weighted by atomic mass is 16.5. The van der Waals surface area contributed by atoms with Gasteiger partial charge in [-0.25, -0.2) is 0 Å². The van der Waals surface area contributed by atoms with Crippen LogP contribution in [0.5, 0.6) is 0 Å². The summed E-state index contributed by atoms with van der Waals surface area (Å²) in [5.41, 5.74) is -0.582. The van der Waals surface area contributed by atoms with Crippen LogP contribution in [0.1, 0.15) is 67.7 Å². The highest BCUT2D eigenvalue weighted by Gasteiger charge is 2.41. The smallest absolute Gasteiger partial charge is 0.0884 e. The maximum Gasteiger partial charge on any atom is 0.0884 e. The van der Waals surface area contributed by atoms with Gasteiger partial charge in [0.15, 0.2) is 0 Å². The van der Waals surface area contributed by atoms with Crippen LogP contribution in [-0.2, 0) is 4.74 Å². The molecule has 28 heavy (non-hydrogen) atoms. The van der Waals surface area contributed by atoms with Crippen LogP contribution in [0.2, 0.25) is 0 Å². The van der Waals surface area contributed by atoms with E-state index in [1.165, 1.54) is 6.42 Å². The zero-order valence-corrected chi connectivity index (χ0v) is 20.0. The van der Waals surface area contributed by atoms with Crippen molar-refractivity contribution in [3.63, 3.8) is 0 Å². The number of likely N-dealkylation sites (N-methyl/N-ethyl adjacent to an activating group) is 1. The summed E-state index contributed by atoms with van der Waals surface area (Å²) in [5.74, 6) is 0.364. The molecule has 5 heteroatoms. The molecule has 1 N–H and O–H groups in total. The van der Waals surface area contributed by atoms with E-state index in [0.717, 1.165) is 39.0 Å². The van der Waals surface area contributed by atoms with Crippen LogP contribution in [0.15, 0.2) is 0 Å². The van der Waals surface area contributed by atoms with E-state index in [1.807, 2.05) is 13.8 Å². The molecule has 166 valence electrons. The van der Waals surface area contributed by atoms with E-state index in [0.29, 0.717) is 18.0 Å². The molecule has 0 aliphatic carbocycles. The van der Waals surface area contributed by atoms with Crippen molar-refractivity contribution in [2.75, 3.05) is 40.3 Å². The molecule has 3 unspecified atom stereocenters. The summed E-state index contributed by atoms with van der Waals surface area (Å²) >= 11 is 0. The standard InChI is InChI=1S/C23H47N3O2/c1-17(2)26-15-20(28-21(16-26)22(4,5)24(8)9)13-18(3)25-12-10-11-19(14-25)23(6,7)27/h17-21,27H,10-16H2,1-9H3/t18?,19?,20?,21-/m1/s1. The van der Waals surface area contributed by atoms with Crippen molar-refractivity contribution >= 4 is 0 Å². The molecular formula is C23H47N3O2. The highest BCUT2D eigenvalue weighted by molar-refractivity contribution is 4.95. The molecule has 0 amide bonds. The number of hydrogen-bond donors (Lipinski definition) is 1. The summed E-state index contributed by atoms with van der Waals surface area (Å²) in [7, 11) is 4.31. The van der Waals surface area contributed by atoms with E-state index in [9.17, 15) is 5.11 Å². The minimum Gasteiger partial charge on any atom is -0.390 e. The molecule has 0 spiro atoms. The number of rotatable bonds is 7. The second-order valence-electron chi connectivity index (χ2n) is 10.9. The molecule has 2 rings (SSSR count). The fraction of sp³-hybridized carbons (Fsp3) is 1.00. The van der Waals surface area contributed by atoms with Gasteiger partial charge < -0.3 is 19.6 Å². The average molecular weight is 398 g/mol. The van der Waals surface area contributed by atoms with Crippen LogP contribution in [0.3, 0.4) is 0 Å². The molecule has 2 fully saturated rings. The number of morpholine rings is 1. The van der Waals surface area contributed by atoms with Gasteiger partial charge in [0, 0.05) is 37.3 Å². The van der Waals surface area contributed by atoms with Crippen LogP contribution in [-0.4, -0.2) is 95.5 Å². The SMILES string of the molecule is CC(C)N1CC(CC(C)N2CCCC(C(C)(C)O)C2)O[C@@H](C(C)(C)N(C)C)C1. The van der Waals surface area contributed by atoms with Crippen LogP contribution in [0.25, 0.3) is 0 Å². The van der Waals surface area contributed by atoms with Gasteiger partial charge in [-0.2, -0.15) is 0 Å². The average Bonchev–Trinajstić information content (AvgIpc) is 2.60. The van der Waals surface area contributed by atoms with Crippen molar-refractivity contribution in [3.8, 4) is 0 Å². The Hall–Kier alpha value is -0.200. The third-order valence-electron chi connectivity index (χ3n) is 7.55. The monoisotopic (exact) mass is 397 g/mol. The minimum atomic E-state index is -0.588. The van der Waals surface area contributed by atoms with Gasteiger partial charge in [-0.3, -0.25) is 4.90 Å². The third kappa shape index (κ3) is 5.91. The predicted octanol–water partition coefficient (Wildman–Crippen LogP) is 3.07. The van der Waals surface area contributed by atoms with Crippen molar-refractivity contribution in [1.82, 2.24) is 14.7 Å². The first-order valence-electron chi connectivity index (χ1n) is 11.4. The lowest BCUT2D eigenvalue weighted by molar-refractivity contribution is -0.147. The maximum absolute atomic E-state index is 10.5. The van der Waals surface area contributed by atoms with Gasteiger partial charge in [0.05, 0.1) is 17.8 Å². The normalized spacial score (nSPS) is 30.2. The Labute approximate surface area is 174 Å². The Balaban J connectivity index is 2.04. The van der Waals surface area contributed by atoms with E-state index in [1.54, 1.807) is 0 Å². The zero-order valence-electron chi connectivity index (χ0n) is 20.0. The quantitative estimate of drug-likeness (QED) is 0.715. The summed E-state index contributed by atoms with van der Waals surface area (Å²) in [6, 6.07) is 1.02. The number of ether oxygens (including phenoxy) is 1. The topological polar surface area (TPSA) is 39.2 Å². The summed E-state index contributed by atoms with van der Waals surface area (Å²) in [4.78, 5) is 7.46. The van der Waals surface area contributed by atoms with E-state index >= 15 is 0 Å². The van der Waals surface area contributed by atoms with Gasteiger partial charge in [-0.15, -0.1) is 0 Å². The van der Waals surface area contributed by atoms with Gasteiger partial charge >= 0.3 is 0 Å². The van der Waals surface area contributed by atoms with Gasteiger partial charge in [0.25, 0.3) is 0 Å². The summed E-state index contributed by atoms with van der Waals surface area (Å²) in [6.07, 6.45) is 3.84.